The number of nitrogens with zero attached hydrogens (tertiary/aromatic N) is 4. The van der Waals surface area contributed by atoms with Gasteiger partial charge in [-0.1, -0.05) is 0 Å². The van der Waals surface area contributed by atoms with Crippen LogP contribution < -0.4 is 5.73 Å². The predicted octanol–water partition coefficient (Wildman–Crippen LogP) is -0.712. The third-order valence-corrected chi connectivity index (χ3v) is 5.37. The maximum atomic E-state index is 10.3. The second kappa shape index (κ2) is 4.24. The molecular weight excluding hydrogens is 389 g/mol. The van der Waals surface area contributed by atoms with Gasteiger partial charge in [0, 0.05) is 28.0 Å². The second-order valence-electron chi connectivity index (χ2n) is 5.83. The topological polar surface area (TPSA) is 130 Å². The van der Waals surface area contributed by atoms with Crippen LogP contribution in [0.2, 0.25) is 0 Å². The summed E-state index contributed by atoms with van der Waals surface area (Å²) < 4.78 is 2.25. The normalized spacial score (nSPS) is 37.9. The molecule has 2 aliphatic rings. The number of anilines is 1. The molecule has 2 heterocycles. The molecule has 21 heavy (non-hydrogen) atoms. The summed E-state index contributed by atoms with van der Waals surface area (Å²) in [5.74, 6) is 0.305. The Morgan fingerprint density at radius 1 is 1.43 bits per heavy atom. The van der Waals surface area contributed by atoms with Crippen LogP contribution in [-0.2, 0) is 0 Å². The summed E-state index contributed by atoms with van der Waals surface area (Å²) >= 11 is 1.97. The number of nitrogen functional groups attached to an aromatic ring is 1. The number of aliphatic hydroxyl groups excluding tert-OH is 3. The van der Waals surface area contributed by atoms with E-state index in [1.54, 1.807) is 10.9 Å². The molecule has 8 nitrogen and oxygen atoms in total. The van der Waals surface area contributed by atoms with Crippen LogP contribution in [0.3, 0.4) is 0 Å². The average molecular weight is 403 g/mol. The van der Waals surface area contributed by atoms with Gasteiger partial charge < -0.3 is 25.6 Å². The van der Waals surface area contributed by atoms with E-state index in [1.165, 1.54) is 0 Å². The molecule has 112 valence electrons. The SMILES string of the molecule is Nc1nc(I)nc2c1ncn2[C@@H]1[C@H](O)[C@@H](O)[C@@]2(CO)C[C@H]12. The summed E-state index contributed by atoms with van der Waals surface area (Å²) in [6.45, 7) is -0.131. The van der Waals surface area contributed by atoms with Crippen molar-refractivity contribution in [3.8, 4) is 0 Å². The number of imidazole rings is 1. The predicted molar refractivity (Wildman–Crippen MR) is 81.1 cm³/mol. The van der Waals surface area contributed by atoms with Crippen molar-refractivity contribution in [3.63, 3.8) is 0 Å². The summed E-state index contributed by atoms with van der Waals surface area (Å²) in [7, 11) is 0. The summed E-state index contributed by atoms with van der Waals surface area (Å²) in [6.07, 6.45) is 0.359. The zero-order chi connectivity index (χ0) is 14.9. The summed E-state index contributed by atoms with van der Waals surface area (Å²) in [4.78, 5) is 12.6. The van der Waals surface area contributed by atoms with E-state index in [-0.39, 0.29) is 18.6 Å². The molecule has 5 atom stereocenters. The van der Waals surface area contributed by atoms with Crippen LogP contribution in [-0.4, -0.2) is 53.7 Å². The summed E-state index contributed by atoms with van der Waals surface area (Å²) in [5, 5.41) is 30.1. The van der Waals surface area contributed by atoms with E-state index in [1.807, 2.05) is 22.6 Å². The van der Waals surface area contributed by atoms with Crippen molar-refractivity contribution in [3.05, 3.63) is 10.2 Å². The lowest BCUT2D eigenvalue weighted by molar-refractivity contribution is -0.0300. The Labute approximate surface area is 133 Å². The fourth-order valence-electron chi connectivity index (χ4n) is 3.68. The van der Waals surface area contributed by atoms with E-state index < -0.39 is 17.6 Å². The van der Waals surface area contributed by atoms with Crippen molar-refractivity contribution in [1.82, 2.24) is 19.5 Å². The second-order valence-corrected chi connectivity index (χ2v) is 6.79. The maximum Gasteiger partial charge on any atom is 0.194 e. The van der Waals surface area contributed by atoms with Gasteiger partial charge in [-0.05, 0) is 12.3 Å². The number of fused-ring (bicyclic) bond motifs is 2. The third kappa shape index (κ3) is 1.62. The van der Waals surface area contributed by atoms with Crippen molar-refractivity contribution < 1.29 is 15.3 Å². The van der Waals surface area contributed by atoms with Gasteiger partial charge in [0.2, 0.25) is 0 Å². The van der Waals surface area contributed by atoms with E-state index in [9.17, 15) is 15.3 Å². The fourth-order valence-corrected chi connectivity index (χ4v) is 4.17. The zero-order valence-electron chi connectivity index (χ0n) is 10.9. The number of rotatable bonds is 2. The van der Waals surface area contributed by atoms with E-state index >= 15 is 0 Å². The van der Waals surface area contributed by atoms with Crippen LogP contribution in [0.25, 0.3) is 11.2 Å². The molecule has 5 N–H and O–H groups in total. The van der Waals surface area contributed by atoms with E-state index in [0.29, 0.717) is 27.2 Å². The van der Waals surface area contributed by atoms with Crippen LogP contribution in [0.15, 0.2) is 6.33 Å². The van der Waals surface area contributed by atoms with Crippen LogP contribution in [0.1, 0.15) is 12.5 Å². The van der Waals surface area contributed by atoms with Crippen LogP contribution >= 0.6 is 22.6 Å². The molecule has 0 amide bonds. The van der Waals surface area contributed by atoms with Gasteiger partial charge in [0.25, 0.3) is 0 Å². The minimum atomic E-state index is -0.956. The van der Waals surface area contributed by atoms with Crippen molar-refractivity contribution in [2.75, 3.05) is 12.3 Å². The van der Waals surface area contributed by atoms with Crippen molar-refractivity contribution in [2.45, 2.75) is 24.7 Å². The Morgan fingerprint density at radius 2 is 2.19 bits per heavy atom. The lowest BCUT2D eigenvalue weighted by Crippen LogP contribution is -2.35. The van der Waals surface area contributed by atoms with Gasteiger partial charge in [0.1, 0.15) is 11.6 Å². The lowest BCUT2D eigenvalue weighted by Gasteiger charge is -2.23. The maximum absolute atomic E-state index is 10.3. The first-order valence-corrected chi connectivity index (χ1v) is 7.70. The number of aromatic nitrogens is 4. The molecule has 4 rings (SSSR count). The molecular formula is C12H14IN5O3. The van der Waals surface area contributed by atoms with Gasteiger partial charge in [-0.15, -0.1) is 0 Å². The molecule has 2 aromatic rings. The third-order valence-electron chi connectivity index (χ3n) is 4.89. The van der Waals surface area contributed by atoms with Gasteiger partial charge in [0.15, 0.2) is 15.3 Å². The minimum absolute atomic E-state index is 0.0127. The minimum Gasteiger partial charge on any atom is -0.396 e. The highest BCUT2D eigenvalue weighted by Crippen LogP contribution is 2.67. The van der Waals surface area contributed by atoms with Crippen molar-refractivity contribution >= 4 is 39.6 Å². The van der Waals surface area contributed by atoms with E-state index in [0.717, 1.165) is 0 Å². The van der Waals surface area contributed by atoms with Crippen LogP contribution in [0.5, 0.6) is 0 Å². The van der Waals surface area contributed by atoms with Crippen molar-refractivity contribution in [1.29, 1.82) is 0 Å². The molecule has 0 spiro atoms. The molecule has 2 aliphatic carbocycles. The molecule has 0 bridgehead atoms. The number of hydrogen-bond donors (Lipinski definition) is 4. The number of nitrogens with two attached hydrogens (primary N) is 1. The van der Waals surface area contributed by atoms with Gasteiger partial charge in [-0.3, -0.25) is 0 Å². The quantitative estimate of drug-likeness (QED) is 0.385. The first-order chi connectivity index (χ1) is 9.99. The van der Waals surface area contributed by atoms with Crippen LogP contribution in [0.4, 0.5) is 5.82 Å². The Balaban J connectivity index is 1.85. The largest absolute Gasteiger partial charge is 0.396 e. The lowest BCUT2D eigenvalue weighted by atomic mass is 10.0. The van der Waals surface area contributed by atoms with Gasteiger partial charge in [0.05, 0.1) is 25.1 Å². The molecule has 2 aromatic heterocycles. The molecule has 0 saturated heterocycles. The molecule has 2 saturated carbocycles. The highest BCUT2D eigenvalue weighted by Gasteiger charge is 2.71. The zero-order valence-corrected chi connectivity index (χ0v) is 13.0. The van der Waals surface area contributed by atoms with E-state index in [4.69, 9.17) is 5.73 Å². The monoisotopic (exact) mass is 403 g/mol. The number of aliphatic hydroxyl groups is 3. The summed E-state index contributed by atoms with van der Waals surface area (Å²) in [6, 6.07) is -0.359. The standard InChI is InChI=1S/C12H14IN5O3/c13-11-16-9(14)5-10(17-11)18(3-15-5)6-4-1-12(4,2-19)8(21)7(6)20/h3-4,6-8,19-21H,1-2H2,(H2,14,16,17)/t4-,6+,7+,8-,12-/m1/s1. The first-order valence-electron chi connectivity index (χ1n) is 6.62. The van der Waals surface area contributed by atoms with E-state index in [2.05, 4.69) is 15.0 Å². The number of halogens is 1. The molecule has 0 unspecified atom stereocenters. The van der Waals surface area contributed by atoms with Crippen LogP contribution in [0, 0.1) is 15.2 Å². The molecule has 9 heteroatoms. The Morgan fingerprint density at radius 3 is 2.86 bits per heavy atom. The molecule has 0 radical (unpaired) electrons. The Bertz CT molecular complexity index is 737. The number of hydrogen-bond acceptors (Lipinski definition) is 7. The molecule has 0 aromatic carbocycles. The molecule has 0 aliphatic heterocycles. The van der Waals surface area contributed by atoms with Gasteiger partial charge in [-0.25, -0.2) is 15.0 Å². The Hall–Kier alpha value is -1.04. The highest BCUT2D eigenvalue weighted by molar-refractivity contribution is 14.1. The first kappa shape index (κ1) is 13.6. The van der Waals surface area contributed by atoms with Gasteiger partial charge >= 0.3 is 0 Å². The summed E-state index contributed by atoms with van der Waals surface area (Å²) in [5.41, 5.74) is 6.28. The molecule has 2 fully saturated rings. The smallest absolute Gasteiger partial charge is 0.194 e. The fraction of sp³-hybridized carbons (Fsp3) is 0.583. The average Bonchev–Trinajstić information content (AvgIpc) is 2.97. The Kier molecular flexibility index (Phi) is 2.75. The van der Waals surface area contributed by atoms with Crippen molar-refractivity contribution in [2.24, 2.45) is 11.3 Å². The van der Waals surface area contributed by atoms with Gasteiger partial charge in [-0.2, -0.15) is 0 Å². The highest BCUT2D eigenvalue weighted by atomic mass is 127.